The van der Waals surface area contributed by atoms with Gasteiger partial charge in [0, 0.05) is 36.4 Å². The molecule has 0 spiro atoms. The normalized spacial score (nSPS) is 27.2. The number of phenols is 1. The SMILES string of the molecule is CNC(C)c1ccc(N2CCC3CCCCC3C2)cc1O. The van der Waals surface area contributed by atoms with Crippen LogP contribution in [0.25, 0.3) is 0 Å². The highest BCUT2D eigenvalue weighted by atomic mass is 16.3. The molecule has 1 saturated heterocycles. The number of piperidine rings is 1. The van der Waals surface area contributed by atoms with E-state index in [0.29, 0.717) is 5.75 Å². The summed E-state index contributed by atoms with van der Waals surface area (Å²) in [6, 6.07) is 6.38. The van der Waals surface area contributed by atoms with E-state index in [1.807, 2.05) is 13.1 Å². The third-order valence-corrected chi connectivity index (χ3v) is 5.57. The van der Waals surface area contributed by atoms with Gasteiger partial charge >= 0.3 is 0 Å². The van der Waals surface area contributed by atoms with Crippen molar-refractivity contribution >= 4 is 5.69 Å². The zero-order chi connectivity index (χ0) is 14.8. The van der Waals surface area contributed by atoms with Crippen LogP contribution in [0.3, 0.4) is 0 Å². The fraction of sp³-hybridized carbons (Fsp3) is 0.667. The van der Waals surface area contributed by atoms with Gasteiger partial charge in [-0.2, -0.15) is 0 Å². The maximum atomic E-state index is 10.3. The average molecular weight is 288 g/mol. The van der Waals surface area contributed by atoms with Gasteiger partial charge in [-0.05, 0) is 44.7 Å². The van der Waals surface area contributed by atoms with Crippen molar-refractivity contribution in [3.63, 3.8) is 0 Å². The number of benzene rings is 1. The Morgan fingerprint density at radius 3 is 2.67 bits per heavy atom. The van der Waals surface area contributed by atoms with Crippen LogP contribution in [0.15, 0.2) is 18.2 Å². The Hall–Kier alpha value is -1.22. The molecule has 0 bridgehead atoms. The van der Waals surface area contributed by atoms with Crippen LogP contribution >= 0.6 is 0 Å². The third kappa shape index (κ3) is 3.03. The largest absolute Gasteiger partial charge is 0.508 e. The molecular weight excluding hydrogens is 260 g/mol. The van der Waals surface area contributed by atoms with Gasteiger partial charge < -0.3 is 15.3 Å². The predicted molar refractivity (Wildman–Crippen MR) is 87.9 cm³/mol. The Balaban J connectivity index is 1.73. The van der Waals surface area contributed by atoms with Crippen molar-refractivity contribution in [1.29, 1.82) is 0 Å². The van der Waals surface area contributed by atoms with E-state index >= 15 is 0 Å². The molecule has 2 aliphatic rings. The Labute approximate surface area is 128 Å². The van der Waals surface area contributed by atoms with Crippen molar-refractivity contribution in [1.82, 2.24) is 5.32 Å². The molecule has 1 aliphatic heterocycles. The van der Waals surface area contributed by atoms with Crippen LogP contribution in [0.2, 0.25) is 0 Å². The number of phenolic OH excluding ortho intramolecular Hbond substituents is 1. The lowest BCUT2D eigenvalue weighted by Crippen LogP contribution is -2.41. The standard InChI is InChI=1S/C18H28N2O/c1-13(19-2)17-8-7-16(11-18(17)21)20-10-9-14-5-3-4-6-15(14)12-20/h7-8,11,13-15,19,21H,3-6,9-10,12H2,1-2H3. The summed E-state index contributed by atoms with van der Waals surface area (Å²) in [6.45, 7) is 4.38. The minimum Gasteiger partial charge on any atom is -0.508 e. The number of aromatic hydroxyl groups is 1. The van der Waals surface area contributed by atoms with Crippen molar-refractivity contribution < 1.29 is 5.11 Å². The van der Waals surface area contributed by atoms with E-state index in [2.05, 4.69) is 29.3 Å². The molecule has 3 nitrogen and oxygen atoms in total. The summed E-state index contributed by atoms with van der Waals surface area (Å²) in [6.07, 6.45) is 6.97. The van der Waals surface area contributed by atoms with Gasteiger partial charge in [-0.15, -0.1) is 0 Å². The summed E-state index contributed by atoms with van der Waals surface area (Å²) < 4.78 is 0. The van der Waals surface area contributed by atoms with E-state index in [1.54, 1.807) is 0 Å². The maximum Gasteiger partial charge on any atom is 0.122 e. The summed E-state index contributed by atoms with van der Waals surface area (Å²) in [5, 5.41) is 13.5. The molecular formula is C18H28N2O. The number of rotatable bonds is 3. The van der Waals surface area contributed by atoms with Gasteiger partial charge in [0.05, 0.1) is 0 Å². The van der Waals surface area contributed by atoms with Gasteiger partial charge in [-0.25, -0.2) is 0 Å². The van der Waals surface area contributed by atoms with Crippen molar-refractivity contribution in [2.75, 3.05) is 25.0 Å². The molecule has 0 radical (unpaired) electrons. The van der Waals surface area contributed by atoms with Crippen LogP contribution in [0, 0.1) is 11.8 Å². The molecule has 1 saturated carbocycles. The summed E-state index contributed by atoms with van der Waals surface area (Å²) in [7, 11) is 1.92. The first-order chi connectivity index (χ1) is 10.2. The van der Waals surface area contributed by atoms with E-state index in [1.165, 1.54) is 44.3 Å². The van der Waals surface area contributed by atoms with E-state index in [0.717, 1.165) is 23.9 Å². The molecule has 2 N–H and O–H groups in total. The van der Waals surface area contributed by atoms with Gasteiger partial charge in [0.25, 0.3) is 0 Å². The molecule has 2 fully saturated rings. The van der Waals surface area contributed by atoms with E-state index < -0.39 is 0 Å². The summed E-state index contributed by atoms with van der Waals surface area (Å²) in [5.74, 6) is 2.23. The number of nitrogens with one attached hydrogen (secondary N) is 1. The summed E-state index contributed by atoms with van der Waals surface area (Å²) in [5.41, 5.74) is 2.16. The molecule has 3 unspecified atom stereocenters. The van der Waals surface area contributed by atoms with Gasteiger partial charge in [0.2, 0.25) is 0 Å². The first-order valence-corrected chi connectivity index (χ1v) is 8.44. The predicted octanol–water partition coefficient (Wildman–Crippen LogP) is 3.69. The second kappa shape index (κ2) is 6.27. The van der Waals surface area contributed by atoms with E-state index in [-0.39, 0.29) is 6.04 Å². The van der Waals surface area contributed by atoms with E-state index in [9.17, 15) is 5.11 Å². The lowest BCUT2D eigenvalue weighted by Gasteiger charge is -2.42. The molecule has 1 aliphatic carbocycles. The molecule has 21 heavy (non-hydrogen) atoms. The highest BCUT2D eigenvalue weighted by Crippen LogP contribution is 2.38. The fourth-order valence-corrected chi connectivity index (χ4v) is 4.09. The van der Waals surface area contributed by atoms with E-state index in [4.69, 9.17) is 0 Å². The van der Waals surface area contributed by atoms with Crippen LogP contribution < -0.4 is 10.2 Å². The smallest absolute Gasteiger partial charge is 0.122 e. The Kier molecular flexibility index (Phi) is 4.39. The second-order valence-corrected chi connectivity index (χ2v) is 6.79. The average Bonchev–Trinajstić information content (AvgIpc) is 2.53. The molecule has 0 amide bonds. The monoisotopic (exact) mass is 288 g/mol. The van der Waals surface area contributed by atoms with Gasteiger partial charge in [0.1, 0.15) is 5.75 Å². The Bertz CT molecular complexity index is 488. The van der Waals surface area contributed by atoms with Crippen LogP contribution in [-0.4, -0.2) is 25.2 Å². The Morgan fingerprint density at radius 2 is 1.95 bits per heavy atom. The first kappa shape index (κ1) is 14.7. The summed E-state index contributed by atoms with van der Waals surface area (Å²) in [4.78, 5) is 2.47. The summed E-state index contributed by atoms with van der Waals surface area (Å²) >= 11 is 0. The molecule has 3 heteroatoms. The van der Waals surface area contributed by atoms with Crippen LogP contribution in [-0.2, 0) is 0 Å². The molecule has 3 atom stereocenters. The third-order valence-electron chi connectivity index (χ3n) is 5.57. The molecule has 1 aromatic rings. The zero-order valence-corrected chi connectivity index (χ0v) is 13.3. The van der Waals surface area contributed by atoms with Gasteiger partial charge in [-0.1, -0.05) is 25.3 Å². The minimum absolute atomic E-state index is 0.183. The number of anilines is 1. The van der Waals surface area contributed by atoms with Gasteiger partial charge in [0.15, 0.2) is 0 Å². The second-order valence-electron chi connectivity index (χ2n) is 6.79. The Morgan fingerprint density at radius 1 is 1.19 bits per heavy atom. The number of fused-ring (bicyclic) bond motifs is 1. The quantitative estimate of drug-likeness (QED) is 0.890. The molecule has 1 aromatic carbocycles. The lowest BCUT2D eigenvalue weighted by atomic mass is 9.75. The highest BCUT2D eigenvalue weighted by Gasteiger charge is 2.31. The zero-order valence-electron chi connectivity index (χ0n) is 13.3. The topological polar surface area (TPSA) is 35.5 Å². The lowest BCUT2D eigenvalue weighted by molar-refractivity contribution is 0.202. The molecule has 1 heterocycles. The number of hydrogen-bond donors (Lipinski definition) is 2. The van der Waals surface area contributed by atoms with Crippen LogP contribution in [0.1, 0.15) is 50.6 Å². The van der Waals surface area contributed by atoms with Crippen molar-refractivity contribution in [2.45, 2.75) is 45.1 Å². The van der Waals surface area contributed by atoms with Crippen LogP contribution in [0.5, 0.6) is 5.75 Å². The van der Waals surface area contributed by atoms with Gasteiger partial charge in [-0.3, -0.25) is 0 Å². The molecule has 116 valence electrons. The van der Waals surface area contributed by atoms with Crippen molar-refractivity contribution in [3.8, 4) is 5.75 Å². The number of nitrogens with zero attached hydrogens (tertiary/aromatic N) is 1. The highest BCUT2D eigenvalue weighted by molar-refractivity contribution is 5.54. The number of hydrogen-bond acceptors (Lipinski definition) is 3. The first-order valence-electron chi connectivity index (χ1n) is 8.44. The van der Waals surface area contributed by atoms with Crippen molar-refractivity contribution in [2.24, 2.45) is 11.8 Å². The van der Waals surface area contributed by atoms with Crippen molar-refractivity contribution in [3.05, 3.63) is 23.8 Å². The minimum atomic E-state index is 0.183. The maximum absolute atomic E-state index is 10.3. The fourth-order valence-electron chi connectivity index (χ4n) is 4.09. The van der Waals surface area contributed by atoms with Crippen LogP contribution in [0.4, 0.5) is 5.69 Å². The molecule has 3 rings (SSSR count). The molecule has 0 aromatic heterocycles.